The summed E-state index contributed by atoms with van der Waals surface area (Å²) in [5.74, 6) is -1.04. The number of hydrogen-bond acceptors (Lipinski definition) is 6. The first-order valence-corrected chi connectivity index (χ1v) is 10.8. The fourth-order valence-electron chi connectivity index (χ4n) is 4.17. The van der Waals surface area contributed by atoms with Crippen LogP contribution in [-0.2, 0) is 11.4 Å². The average molecular weight is 458 g/mol. The maximum Gasteiger partial charge on any atom is 0.427 e. The Labute approximate surface area is 194 Å². The lowest BCUT2D eigenvalue weighted by atomic mass is 9.95. The summed E-state index contributed by atoms with van der Waals surface area (Å²) < 4.78 is 7.50. The van der Waals surface area contributed by atoms with Crippen molar-refractivity contribution in [3.8, 4) is 17.1 Å². The molecule has 2 heterocycles. The summed E-state index contributed by atoms with van der Waals surface area (Å²) in [4.78, 5) is 33.0. The number of nitrogens with zero attached hydrogens (tertiary/aromatic N) is 2. The van der Waals surface area contributed by atoms with E-state index in [4.69, 9.17) is 9.57 Å². The van der Waals surface area contributed by atoms with Crippen LogP contribution in [-0.4, -0.2) is 33.3 Å². The van der Waals surface area contributed by atoms with E-state index < -0.39 is 18.2 Å². The van der Waals surface area contributed by atoms with Gasteiger partial charge in [0.25, 0.3) is 6.01 Å². The van der Waals surface area contributed by atoms with Gasteiger partial charge in [0.05, 0.1) is 29.7 Å². The molecule has 1 amide bonds. The summed E-state index contributed by atoms with van der Waals surface area (Å²) in [5, 5.41) is 12.5. The normalized spacial score (nSPS) is 15.2. The van der Waals surface area contributed by atoms with Crippen LogP contribution in [0.1, 0.15) is 34.6 Å². The number of fused-ring (bicyclic) bond motifs is 1. The quantitative estimate of drug-likeness (QED) is 0.382. The van der Waals surface area contributed by atoms with E-state index in [0.29, 0.717) is 30.2 Å². The van der Waals surface area contributed by atoms with Crippen molar-refractivity contribution in [1.82, 2.24) is 20.3 Å². The van der Waals surface area contributed by atoms with Crippen LogP contribution in [0.3, 0.4) is 0 Å². The molecule has 0 radical (unpaired) electrons. The number of carbonyl (C=O) groups excluding carboxylic acids is 1. The maximum atomic E-state index is 11.9. The van der Waals surface area contributed by atoms with E-state index in [1.807, 2.05) is 55.5 Å². The minimum absolute atomic E-state index is 0.148. The highest BCUT2D eigenvalue weighted by Crippen LogP contribution is 2.32. The fourth-order valence-corrected chi connectivity index (χ4v) is 4.17. The van der Waals surface area contributed by atoms with Crippen molar-refractivity contribution in [2.24, 2.45) is 0 Å². The van der Waals surface area contributed by atoms with Gasteiger partial charge in [-0.3, -0.25) is 9.88 Å². The molecule has 4 aromatic rings. The number of carbonyl (C=O) groups is 2. The summed E-state index contributed by atoms with van der Waals surface area (Å²) in [6, 6.07) is 21.0. The summed E-state index contributed by atoms with van der Waals surface area (Å²) in [6.07, 6.45) is -1.09. The molecule has 0 saturated carbocycles. The Morgan fingerprint density at radius 1 is 1.15 bits per heavy atom. The minimum atomic E-state index is -1.04. The highest BCUT2D eigenvalue weighted by Gasteiger charge is 2.27. The van der Waals surface area contributed by atoms with Crippen molar-refractivity contribution in [1.29, 1.82) is 0 Å². The van der Waals surface area contributed by atoms with Crippen LogP contribution in [0.5, 0.6) is 6.01 Å². The molecule has 9 heteroatoms. The fraction of sp³-hybridized carbons (Fsp3) is 0.160. The number of amides is 1. The number of para-hydroxylation sites is 1. The van der Waals surface area contributed by atoms with E-state index in [9.17, 15) is 14.7 Å². The highest BCUT2D eigenvalue weighted by atomic mass is 16.7. The third-order valence-electron chi connectivity index (χ3n) is 5.62. The Balaban J connectivity index is 1.62. The number of benzene rings is 3. The molecule has 5 rings (SSSR count). The lowest BCUT2D eigenvalue weighted by Crippen LogP contribution is -2.23. The molecule has 1 fully saturated rings. The molecule has 1 atom stereocenters. The molecule has 172 valence electrons. The van der Waals surface area contributed by atoms with E-state index in [1.165, 1.54) is 0 Å². The van der Waals surface area contributed by atoms with Crippen molar-refractivity contribution in [3.63, 3.8) is 0 Å². The molecular formula is C25H22N4O5. The van der Waals surface area contributed by atoms with Crippen molar-refractivity contribution in [2.45, 2.75) is 19.6 Å². The van der Waals surface area contributed by atoms with Gasteiger partial charge in [-0.1, -0.05) is 48.5 Å². The SMILES string of the molecule is CCOc1nc2cccc(C(=O)O)c2n1Cc1ccc(-c2ccccc2)c(C2NOC(=O)N2)c1. The summed E-state index contributed by atoms with van der Waals surface area (Å²) in [7, 11) is 0. The number of carboxylic acid groups (broad SMARTS) is 1. The number of rotatable bonds is 7. The number of imidazole rings is 1. The van der Waals surface area contributed by atoms with Crippen molar-refractivity contribution in [3.05, 3.63) is 83.4 Å². The third kappa shape index (κ3) is 3.93. The minimum Gasteiger partial charge on any atom is -0.478 e. The van der Waals surface area contributed by atoms with Gasteiger partial charge >= 0.3 is 12.1 Å². The zero-order valence-electron chi connectivity index (χ0n) is 18.3. The molecule has 3 aromatic carbocycles. The molecule has 1 aliphatic rings. The van der Waals surface area contributed by atoms with Crippen molar-refractivity contribution >= 4 is 23.1 Å². The number of carboxylic acids is 1. The Bertz CT molecular complexity index is 1380. The number of aromatic nitrogens is 2. The van der Waals surface area contributed by atoms with Crippen LogP contribution in [0.4, 0.5) is 4.79 Å². The Morgan fingerprint density at radius 3 is 2.68 bits per heavy atom. The second-order valence-electron chi connectivity index (χ2n) is 7.76. The van der Waals surface area contributed by atoms with E-state index in [1.54, 1.807) is 22.8 Å². The van der Waals surface area contributed by atoms with Gasteiger partial charge in [-0.2, -0.15) is 4.98 Å². The summed E-state index contributed by atoms with van der Waals surface area (Å²) >= 11 is 0. The number of hydrogen-bond donors (Lipinski definition) is 3. The maximum absolute atomic E-state index is 11.9. The molecule has 0 bridgehead atoms. The van der Waals surface area contributed by atoms with Gasteiger partial charge in [0.1, 0.15) is 6.17 Å². The van der Waals surface area contributed by atoms with Crippen LogP contribution in [0.2, 0.25) is 0 Å². The van der Waals surface area contributed by atoms with Gasteiger partial charge in [0, 0.05) is 5.56 Å². The predicted octanol–water partition coefficient (Wildman–Crippen LogP) is 4.09. The number of nitrogens with one attached hydrogen (secondary N) is 2. The Kier molecular flexibility index (Phi) is 5.60. The molecule has 1 unspecified atom stereocenters. The lowest BCUT2D eigenvalue weighted by molar-refractivity contribution is 0.0698. The van der Waals surface area contributed by atoms with Gasteiger partial charge in [-0.15, -0.1) is 5.48 Å². The molecule has 0 aliphatic carbocycles. The lowest BCUT2D eigenvalue weighted by Gasteiger charge is -2.17. The van der Waals surface area contributed by atoms with E-state index in [0.717, 1.165) is 22.3 Å². The van der Waals surface area contributed by atoms with Crippen molar-refractivity contribution < 1.29 is 24.3 Å². The second-order valence-corrected chi connectivity index (χ2v) is 7.76. The molecule has 34 heavy (non-hydrogen) atoms. The molecule has 1 aliphatic heterocycles. The molecule has 9 nitrogen and oxygen atoms in total. The molecular weight excluding hydrogens is 436 g/mol. The van der Waals surface area contributed by atoms with Crippen LogP contribution in [0, 0.1) is 0 Å². The smallest absolute Gasteiger partial charge is 0.427 e. The first-order chi connectivity index (χ1) is 16.5. The third-order valence-corrected chi connectivity index (χ3v) is 5.62. The zero-order valence-corrected chi connectivity index (χ0v) is 18.3. The van der Waals surface area contributed by atoms with E-state index in [-0.39, 0.29) is 5.56 Å². The second kappa shape index (κ2) is 8.87. The van der Waals surface area contributed by atoms with Crippen molar-refractivity contribution in [2.75, 3.05) is 6.61 Å². The van der Waals surface area contributed by atoms with Crippen LogP contribution < -0.4 is 15.5 Å². The summed E-state index contributed by atoms with van der Waals surface area (Å²) in [6.45, 7) is 2.56. The number of hydroxylamine groups is 1. The first-order valence-electron chi connectivity index (χ1n) is 10.8. The van der Waals surface area contributed by atoms with Gasteiger partial charge in [-0.05, 0) is 41.8 Å². The van der Waals surface area contributed by atoms with Gasteiger partial charge < -0.3 is 14.7 Å². The average Bonchev–Trinajstić information content (AvgIpc) is 3.43. The first kappa shape index (κ1) is 21.5. The van der Waals surface area contributed by atoms with E-state index in [2.05, 4.69) is 15.8 Å². The Hall–Kier alpha value is -4.37. The molecule has 1 aromatic heterocycles. The topological polar surface area (TPSA) is 115 Å². The van der Waals surface area contributed by atoms with Crippen LogP contribution >= 0.6 is 0 Å². The highest BCUT2D eigenvalue weighted by molar-refractivity contribution is 6.01. The van der Waals surface area contributed by atoms with Crippen LogP contribution in [0.15, 0.2) is 66.7 Å². The monoisotopic (exact) mass is 458 g/mol. The van der Waals surface area contributed by atoms with Gasteiger partial charge in [-0.25, -0.2) is 9.59 Å². The Morgan fingerprint density at radius 2 is 1.97 bits per heavy atom. The number of aromatic carboxylic acids is 1. The van der Waals surface area contributed by atoms with E-state index >= 15 is 0 Å². The predicted molar refractivity (Wildman–Crippen MR) is 124 cm³/mol. The molecule has 0 spiro atoms. The zero-order chi connectivity index (χ0) is 23.7. The van der Waals surface area contributed by atoms with Gasteiger partial charge in [0.15, 0.2) is 0 Å². The number of ether oxygens (including phenoxy) is 1. The molecule has 1 saturated heterocycles. The summed E-state index contributed by atoms with van der Waals surface area (Å²) in [5.41, 5.74) is 7.51. The van der Waals surface area contributed by atoms with Gasteiger partial charge in [0.2, 0.25) is 0 Å². The largest absolute Gasteiger partial charge is 0.478 e. The standard InChI is InChI=1S/C25H22N4O5/c1-2-33-24-26-20-10-6-9-18(23(30)31)21(20)29(24)14-15-11-12-17(16-7-4-3-5-8-16)19(13-15)22-27-25(32)34-28-22/h3-13,22,28H,2,14H2,1H3,(H,27,32)(H,30,31). The molecule has 3 N–H and O–H groups in total. The van der Waals surface area contributed by atoms with Crippen LogP contribution in [0.25, 0.3) is 22.2 Å².